The van der Waals surface area contributed by atoms with Gasteiger partial charge in [0.25, 0.3) is 0 Å². The van der Waals surface area contributed by atoms with Crippen molar-refractivity contribution in [3.05, 3.63) is 59.2 Å². The van der Waals surface area contributed by atoms with E-state index in [1.807, 2.05) is 43.3 Å². The Morgan fingerprint density at radius 2 is 1.89 bits per heavy atom. The first kappa shape index (κ1) is 13.1. The minimum atomic E-state index is 0.404. The molecule has 0 spiro atoms. The molecule has 2 aromatic rings. The van der Waals surface area contributed by atoms with Gasteiger partial charge in [-0.2, -0.15) is 0 Å². The van der Waals surface area contributed by atoms with E-state index in [1.165, 1.54) is 0 Å². The van der Waals surface area contributed by atoms with E-state index in [1.54, 1.807) is 13.2 Å². The normalized spacial score (nSPS) is 10.0. The fraction of sp³-hybridized carbons (Fsp3) is 0.188. The van der Waals surface area contributed by atoms with Crippen LogP contribution < -0.4 is 9.47 Å². The summed E-state index contributed by atoms with van der Waals surface area (Å²) in [5.41, 5.74) is 2.51. The highest BCUT2D eigenvalue weighted by atomic mass is 16.5. The van der Waals surface area contributed by atoms with Crippen LogP contribution in [-0.2, 0) is 6.61 Å². The number of carbonyl (C=O) groups excluding carboxylic acids is 1. The first-order valence-electron chi connectivity index (χ1n) is 6.05. The minimum absolute atomic E-state index is 0.404. The number of hydrogen-bond donors (Lipinski definition) is 0. The summed E-state index contributed by atoms with van der Waals surface area (Å²) in [6.45, 7) is 2.32. The summed E-state index contributed by atoms with van der Waals surface area (Å²) in [6.07, 6.45) is 0.788. The molecule has 0 aliphatic carbocycles. The lowest BCUT2D eigenvalue weighted by Crippen LogP contribution is -2.01. The minimum Gasteiger partial charge on any atom is -0.493 e. The molecule has 0 unspecified atom stereocenters. The molecule has 0 radical (unpaired) electrons. The van der Waals surface area contributed by atoms with Gasteiger partial charge >= 0.3 is 0 Å². The number of methoxy groups -OCH3 is 1. The molecule has 0 bridgehead atoms. The molecule has 0 fully saturated rings. The highest BCUT2D eigenvalue weighted by Crippen LogP contribution is 2.32. The highest BCUT2D eigenvalue weighted by molar-refractivity contribution is 5.81. The number of benzene rings is 2. The van der Waals surface area contributed by atoms with Gasteiger partial charge in [0.2, 0.25) is 0 Å². The molecule has 2 aromatic carbocycles. The lowest BCUT2D eigenvalue weighted by atomic mass is 10.1. The molecule has 0 aliphatic rings. The van der Waals surface area contributed by atoms with Gasteiger partial charge in [0.15, 0.2) is 17.8 Å². The fourth-order valence-corrected chi connectivity index (χ4v) is 1.89. The van der Waals surface area contributed by atoms with E-state index >= 15 is 0 Å². The molecule has 0 aromatic heterocycles. The van der Waals surface area contributed by atoms with Crippen molar-refractivity contribution in [3.63, 3.8) is 0 Å². The molecule has 0 atom stereocenters. The third-order valence-corrected chi connectivity index (χ3v) is 2.80. The molecule has 0 N–H and O–H groups in total. The van der Waals surface area contributed by atoms with E-state index in [4.69, 9.17) is 9.47 Å². The van der Waals surface area contributed by atoms with Gasteiger partial charge < -0.3 is 9.47 Å². The Morgan fingerprint density at radius 1 is 1.16 bits per heavy atom. The second kappa shape index (κ2) is 6.05. The third kappa shape index (κ3) is 3.13. The van der Waals surface area contributed by atoms with Gasteiger partial charge in [0.05, 0.1) is 12.7 Å². The van der Waals surface area contributed by atoms with Crippen LogP contribution >= 0.6 is 0 Å². The first-order valence-corrected chi connectivity index (χ1v) is 6.05. The van der Waals surface area contributed by atoms with Crippen molar-refractivity contribution in [2.24, 2.45) is 0 Å². The molecule has 2 rings (SSSR count). The molecular formula is C16H16O3. The average molecular weight is 256 g/mol. The number of ether oxygens (including phenoxy) is 2. The first-order chi connectivity index (χ1) is 9.24. The largest absolute Gasteiger partial charge is 0.493 e. The van der Waals surface area contributed by atoms with Gasteiger partial charge in [-0.1, -0.05) is 30.3 Å². The van der Waals surface area contributed by atoms with E-state index in [2.05, 4.69) is 0 Å². The van der Waals surface area contributed by atoms with Crippen molar-refractivity contribution in [2.45, 2.75) is 13.5 Å². The van der Waals surface area contributed by atoms with E-state index in [0.29, 0.717) is 23.7 Å². The summed E-state index contributed by atoms with van der Waals surface area (Å²) >= 11 is 0. The maximum atomic E-state index is 11.1. The van der Waals surface area contributed by atoms with E-state index < -0.39 is 0 Å². The highest BCUT2D eigenvalue weighted by Gasteiger charge is 2.11. The standard InChI is InChI=1S/C16H16O3/c1-12-8-14(10-17)16(15(9-12)18-2)19-11-13-6-4-3-5-7-13/h3-10H,11H2,1-2H3. The van der Waals surface area contributed by atoms with Crippen LogP contribution in [-0.4, -0.2) is 13.4 Å². The van der Waals surface area contributed by atoms with E-state index in [0.717, 1.165) is 17.4 Å². The molecule has 0 aliphatic heterocycles. The van der Waals surface area contributed by atoms with Gasteiger partial charge in [0.1, 0.15) is 6.61 Å². The van der Waals surface area contributed by atoms with Crippen LogP contribution in [0, 0.1) is 6.92 Å². The summed E-state index contributed by atoms with van der Waals surface area (Å²) in [6, 6.07) is 13.4. The van der Waals surface area contributed by atoms with E-state index in [-0.39, 0.29) is 0 Å². The third-order valence-electron chi connectivity index (χ3n) is 2.80. The van der Waals surface area contributed by atoms with Gasteiger partial charge in [-0.05, 0) is 30.2 Å². The van der Waals surface area contributed by atoms with Gasteiger partial charge in [-0.25, -0.2) is 0 Å². The lowest BCUT2D eigenvalue weighted by Gasteiger charge is -2.13. The Hall–Kier alpha value is -2.29. The maximum Gasteiger partial charge on any atom is 0.172 e. The Kier molecular flexibility index (Phi) is 4.18. The van der Waals surface area contributed by atoms with Crippen molar-refractivity contribution < 1.29 is 14.3 Å². The molecular weight excluding hydrogens is 240 g/mol. The summed E-state index contributed by atoms with van der Waals surface area (Å²) in [4.78, 5) is 11.1. The molecule has 98 valence electrons. The van der Waals surface area contributed by atoms with Gasteiger partial charge in [0, 0.05) is 0 Å². The number of rotatable bonds is 5. The van der Waals surface area contributed by atoms with Crippen LogP contribution in [0.5, 0.6) is 11.5 Å². The van der Waals surface area contributed by atoms with Gasteiger partial charge in [-0.3, -0.25) is 4.79 Å². The molecule has 0 saturated carbocycles. The summed E-state index contributed by atoms with van der Waals surface area (Å²) in [5, 5.41) is 0. The Morgan fingerprint density at radius 3 is 2.53 bits per heavy atom. The fourth-order valence-electron chi connectivity index (χ4n) is 1.89. The number of aldehydes is 1. The van der Waals surface area contributed by atoms with Crippen LogP contribution in [0.25, 0.3) is 0 Å². The van der Waals surface area contributed by atoms with E-state index in [9.17, 15) is 4.79 Å². The molecule has 0 heterocycles. The van der Waals surface area contributed by atoms with Crippen molar-refractivity contribution in [2.75, 3.05) is 7.11 Å². The zero-order chi connectivity index (χ0) is 13.7. The molecule has 3 heteroatoms. The summed E-state index contributed by atoms with van der Waals surface area (Å²) in [5.74, 6) is 1.07. The SMILES string of the molecule is COc1cc(C)cc(C=O)c1OCc1ccccc1. The number of carbonyl (C=O) groups is 1. The van der Waals surface area contributed by atoms with Crippen LogP contribution in [0.1, 0.15) is 21.5 Å². The quantitative estimate of drug-likeness (QED) is 0.769. The lowest BCUT2D eigenvalue weighted by molar-refractivity contribution is 0.111. The predicted octanol–water partition coefficient (Wildman–Crippen LogP) is 3.40. The number of hydrogen-bond acceptors (Lipinski definition) is 3. The summed E-state index contributed by atoms with van der Waals surface area (Å²) < 4.78 is 11.0. The predicted molar refractivity (Wildman–Crippen MR) is 73.9 cm³/mol. The average Bonchev–Trinajstić information content (AvgIpc) is 2.46. The van der Waals surface area contributed by atoms with Crippen molar-refractivity contribution >= 4 is 6.29 Å². The molecule has 3 nitrogen and oxygen atoms in total. The monoisotopic (exact) mass is 256 g/mol. The van der Waals surface area contributed by atoms with Crippen LogP contribution in [0.15, 0.2) is 42.5 Å². The van der Waals surface area contributed by atoms with Crippen molar-refractivity contribution in [1.82, 2.24) is 0 Å². The molecule has 0 saturated heterocycles. The van der Waals surface area contributed by atoms with Crippen LogP contribution in [0.4, 0.5) is 0 Å². The second-order valence-corrected chi connectivity index (χ2v) is 4.28. The second-order valence-electron chi connectivity index (χ2n) is 4.28. The van der Waals surface area contributed by atoms with Crippen LogP contribution in [0.2, 0.25) is 0 Å². The maximum absolute atomic E-state index is 11.1. The van der Waals surface area contributed by atoms with Crippen molar-refractivity contribution in [1.29, 1.82) is 0 Å². The molecule has 0 amide bonds. The van der Waals surface area contributed by atoms with Gasteiger partial charge in [-0.15, -0.1) is 0 Å². The Labute approximate surface area is 112 Å². The van der Waals surface area contributed by atoms with Crippen molar-refractivity contribution in [3.8, 4) is 11.5 Å². The summed E-state index contributed by atoms with van der Waals surface area (Å²) in [7, 11) is 1.57. The zero-order valence-electron chi connectivity index (χ0n) is 11.1. The topological polar surface area (TPSA) is 35.5 Å². The number of aryl methyl sites for hydroxylation is 1. The molecule has 19 heavy (non-hydrogen) atoms. The smallest absolute Gasteiger partial charge is 0.172 e. The zero-order valence-corrected chi connectivity index (χ0v) is 11.1. The Balaban J connectivity index is 2.26. The Bertz CT molecular complexity index is 562. The van der Waals surface area contributed by atoms with Crippen LogP contribution in [0.3, 0.4) is 0 Å².